The molecule has 0 radical (unpaired) electrons. The number of hydrogen-bond acceptors (Lipinski definition) is 16. The number of benzene rings is 1. The van der Waals surface area contributed by atoms with Gasteiger partial charge in [-0.25, -0.2) is 37.7 Å². The lowest BCUT2D eigenvalue weighted by Gasteiger charge is -2.40. The van der Waals surface area contributed by atoms with E-state index in [9.17, 15) is 18.5 Å². The number of imidazole rings is 1. The van der Waals surface area contributed by atoms with Gasteiger partial charge in [0.25, 0.3) is 5.92 Å². The quantitative estimate of drug-likeness (QED) is 0.102. The first-order valence-corrected chi connectivity index (χ1v) is 23.0. The SMILES string of the molecule is CCOC(=O)C1=C(CN2CCC(OP(=O)(CO[C@H](C)Cn3cnc4c(N)ncnc43)O[C@H](C)C(=O)OCC)C(F)(F)C2)NC(C2=CCC(C)C=CS2)=N[C@H]1c1ccc(F)cc1Cl. The van der Waals surface area contributed by atoms with E-state index >= 15 is 8.78 Å². The van der Waals surface area contributed by atoms with Crippen molar-refractivity contribution in [3.63, 3.8) is 0 Å². The van der Waals surface area contributed by atoms with Crippen molar-refractivity contribution in [2.45, 2.75) is 84.3 Å². The van der Waals surface area contributed by atoms with Crippen LogP contribution in [0.3, 0.4) is 0 Å². The number of allylic oxidation sites excluding steroid dienone is 2. The van der Waals surface area contributed by atoms with Gasteiger partial charge in [-0.15, -0.1) is 0 Å². The van der Waals surface area contributed by atoms with Crippen LogP contribution in [0.25, 0.3) is 11.2 Å². The molecule has 0 bridgehead atoms. The standard InChI is InChI=1S/C40H49ClF3N8O8PS/c1-6-56-38(53)25(5)59-61(55,22-58-24(4)17-52-21-48-34-35(45)46-20-47-37(34)52)60-31-12-14-51(19-40(31,43)44)18-29-32(39(54)57-7-2)33(27-10-9-26(42)16-28(27)41)50-36(49-29)30-11-8-23(3)13-15-62-30/h9-11,13,15-16,20-21,23-25,31,33H,6-8,12,14,17-19,22H2,1-5H3,(H,49,50)(H2,45,46,47)/t23?,24-,25-,31?,33+,61?/m1/s1. The van der Waals surface area contributed by atoms with Crippen LogP contribution in [0.15, 0.2) is 69.6 Å². The number of nitrogens with one attached hydrogen (secondary N) is 1. The summed E-state index contributed by atoms with van der Waals surface area (Å²) < 4.78 is 90.6. The number of piperidine rings is 1. The number of carbonyl (C=O) groups is 2. The summed E-state index contributed by atoms with van der Waals surface area (Å²) in [5.41, 5.74) is 7.26. The van der Waals surface area contributed by atoms with Crippen LogP contribution in [0, 0.1) is 11.7 Å². The Bertz CT molecular complexity index is 2310. The number of ether oxygens (including phenoxy) is 3. The molecular formula is C40H49ClF3N8O8PS. The zero-order valence-corrected chi connectivity index (χ0v) is 37.2. The summed E-state index contributed by atoms with van der Waals surface area (Å²) in [5.74, 6) is -5.07. The van der Waals surface area contributed by atoms with Gasteiger partial charge in [-0.1, -0.05) is 48.5 Å². The molecule has 22 heteroatoms. The fourth-order valence-corrected chi connectivity index (χ4v) is 9.94. The van der Waals surface area contributed by atoms with E-state index in [2.05, 4.69) is 27.2 Å². The van der Waals surface area contributed by atoms with E-state index in [4.69, 9.17) is 45.6 Å². The minimum Gasteiger partial charge on any atom is -0.464 e. The van der Waals surface area contributed by atoms with Gasteiger partial charge in [-0.05, 0) is 64.0 Å². The normalized spacial score (nSPS) is 22.5. The Kier molecular flexibility index (Phi) is 15.6. The number of alkyl halides is 2. The number of esters is 2. The number of amidine groups is 1. The Hall–Kier alpha value is -4.30. The molecule has 0 spiro atoms. The molecule has 3 aliphatic rings. The van der Waals surface area contributed by atoms with E-state index in [1.165, 1.54) is 48.4 Å². The topological polar surface area (TPSA) is 195 Å². The van der Waals surface area contributed by atoms with Crippen molar-refractivity contribution in [1.29, 1.82) is 0 Å². The number of aliphatic imine (C=N–C) groups is 1. The highest BCUT2D eigenvalue weighted by molar-refractivity contribution is 8.06. The van der Waals surface area contributed by atoms with E-state index in [0.29, 0.717) is 29.0 Å². The Morgan fingerprint density at radius 1 is 1.16 bits per heavy atom. The largest absolute Gasteiger partial charge is 0.464 e. The van der Waals surface area contributed by atoms with Gasteiger partial charge < -0.3 is 29.8 Å². The summed E-state index contributed by atoms with van der Waals surface area (Å²) >= 11 is 7.96. The smallest absolute Gasteiger partial charge is 0.357 e. The molecule has 2 aromatic heterocycles. The number of thioether (sulfide) groups is 1. The number of likely N-dealkylation sites (tertiary alicyclic amines) is 1. The molecule has 336 valence electrons. The summed E-state index contributed by atoms with van der Waals surface area (Å²) in [6.07, 6.45) is 2.27. The van der Waals surface area contributed by atoms with E-state index < -0.39 is 68.5 Å². The Morgan fingerprint density at radius 3 is 2.66 bits per heavy atom. The Balaban J connectivity index is 1.24. The summed E-state index contributed by atoms with van der Waals surface area (Å²) in [4.78, 5) is 45.7. The van der Waals surface area contributed by atoms with Crippen molar-refractivity contribution in [3.8, 4) is 0 Å². The lowest BCUT2D eigenvalue weighted by Crippen LogP contribution is -2.53. The maximum absolute atomic E-state index is 16.4. The van der Waals surface area contributed by atoms with Crippen LogP contribution in [0.2, 0.25) is 5.02 Å². The summed E-state index contributed by atoms with van der Waals surface area (Å²) in [6, 6.07) is 2.66. The average molecular weight is 925 g/mol. The Morgan fingerprint density at radius 2 is 1.94 bits per heavy atom. The van der Waals surface area contributed by atoms with Crippen LogP contribution in [-0.4, -0.2) is 106 Å². The van der Waals surface area contributed by atoms with Crippen LogP contribution in [0.4, 0.5) is 19.0 Å². The maximum Gasteiger partial charge on any atom is 0.357 e. The third kappa shape index (κ3) is 11.4. The van der Waals surface area contributed by atoms with Crippen molar-refractivity contribution < 1.29 is 50.6 Å². The van der Waals surface area contributed by atoms with Gasteiger partial charge in [0.2, 0.25) is 0 Å². The molecular weight excluding hydrogens is 876 g/mol. The Labute approximate surface area is 366 Å². The number of anilines is 1. The fraction of sp³-hybridized carbons (Fsp3) is 0.500. The molecule has 6 atom stereocenters. The minimum absolute atomic E-state index is 0.00438. The molecule has 62 heavy (non-hydrogen) atoms. The van der Waals surface area contributed by atoms with Crippen LogP contribution < -0.4 is 11.1 Å². The van der Waals surface area contributed by atoms with Crippen molar-refractivity contribution in [3.05, 3.63) is 81.0 Å². The number of fused-ring (bicyclic) bond motifs is 1. The number of nitrogen functional groups attached to an aromatic ring is 1. The average Bonchev–Trinajstić information content (AvgIpc) is 3.49. The molecule has 3 aromatic rings. The molecule has 3 unspecified atom stereocenters. The molecule has 0 saturated carbocycles. The van der Waals surface area contributed by atoms with Crippen molar-refractivity contribution in [1.82, 2.24) is 29.7 Å². The first kappa shape index (κ1) is 47.2. The molecule has 16 nitrogen and oxygen atoms in total. The maximum atomic E-state index is 16.4. The van der Waals surface area contributed by atoms with Gasteiger partial charge in [-0.2, -0.15) is 0 Å². The number of halogens is 4. The monoisotopic (exact) mass is 924 g/mol. The van der Waals surface area contributed by atoms with Gasteiger partial charge in [0.1, 0.15) is 42.0 Å². The van der Waals surface area contributed by atoms with Crippen LogP contribution in [0.5, 0.6) is 0 Å². The second-order valence-corrected chi connectivity index (χ2v) is 18.2. The number of nitrogens with zero attached hydrogens (tertiary/aromatic N) is 6. The zero-order valence-electron chi connectivity index (χ0n) is 34.8. The predicted molar refractivity (Wildman–Crippen MR) is 228 cm³/mol. The summed E-state index contributed by atoms with van der Waals surface area (Å²) in [7, 11) is -4.61. The molecule has 0 amide bonds. The van der Waals surface area contributed by atoms with Crippen LogP contribution >= 0.6 is 31.0 Å². The minimum atomic E-state index is -4.61. The molecule has 0 aliphatic carbocycles. The highest BCUT2D eigenvalue weighted by Gasteiger charge is 2.50. The number of nitrogens with two attached hydrogens (primary N) is 1. The van der Waals surface area contributed by atoms with Crippen molar-refractivity contribution in [2.75, 3.05) is 44.9 Å². The summed E-state index contributed by atoms with van der Waals surface area (Å²) in [5, 5.41) is 5.18. The summed E-state index contributed by atoms with van der Waals surface area (Å²) in [6.45, 7) is 7.20. The van der Waals surface area contributed by atoms with Crippen molar-refractivity contribution >= 4 is 65.7 Å². The first-order chi connectivity index (χ1) is 29.5. The third-order valence-electron chi connectivity index (χ3n) is 10.0. The van der Waals surface area contributed by atoms with Gasteiger partial charge in [-0.3, -0.25) is 23.5 Å². The third-order valence-corrected chi connectivity index (χ3v) is 12.9. The highest BCUT2D eigenvalue weighted by Crippen LogP contribution is 2.54. The van der Waals surface area contributed by atoms with Gasteiger partial charge in [0.15, 0.2) is 17.6 Å². The molecule has 1 fully saturated rings. The highest BCUT2D eigenvalue weighted by atomic mass is 35.5. The van der Waals surface area contributed by atoms with E-state index in [-0.39, 0.29) is 67.3 Å². The second-order valence-electron chi connectivity index (χ2n) is 14.9. The molecule has 5 heterocycles. The molecule has 1 saturated heterocycles. The molecule has 6 rings (SSSR count). The van der Waals surface area contributed by atoms with E-state index in [1.807, 2.05) is 17.6 Å². The molecule has 3 aliphatic heterocycles. The number of aromatic nitrogens is 4. The number of hydrogen-bond donors (Lipinski definition) is 2. The zero-order chi connectivity index (χ0) is 44.8. The van der Waals surface area contributed by atoms with Crippen LogP contribution in [0.1, 0.15) is 59.1 Å². The van der Waals surface area contributed by atoms with Gasteiger partial charge in [0.05, 0.1) is 44.3 Å². The van der Waals surface area contributed by atoms with Crippen LogP contribution in [-0.2, 0) is 44.0 Å². The van der Waals surface area contributed by atoms with Crippen molar-refractivity contribution in [2.24, 2.45) is 10.9 Å². The molecule has 1 aromatic carbocycles. The number of rotatable bonds is 17. The number of carbonyl (C=O) groups excluding carboxylic acids is 2. The lowest BCUT2D eigenvalue weighted by atomic mass is 9.94. The fourth-order valence-electron chi connectivity index (χ4n) is 6.94. The first-order valence-electron chi connectivity index (χ1n) is 20.0. The molecule has 3 N–H and O–H groups in total. The predicted octanol–water partition coefficient (Wildman–Crippen LogP) is 7.18. The lowest BCUT2D eigenvalue weighted by molar-refractivity contribution is -0.154. The second kappa shape index (κ2) is 20.5. The van der Waals surface area contributed by atoms with Gasteiger partial charge >= 0.3 is 19.5 Å². The van der Waals surface area contributed by atoms with Gasteiger partial charge in [0, 0.05) is 34.3 Å². The van der Waals surface area contributed by atoms with E-state index in [1.54, 1.807) is 25.3 Å². The van der Waals surface area contributed by atoms with E-state index in [0.717, 1.165) is 11.0 Å².